The molecule has 15 heteroatoms. The van der Waals surface area contributed by atoms with Crippen molar-refractivity contribution in [3.05, 3.63) is 40.4 Å². The van der Waals surface area contributed by atoms with Crippen molar-refractivity contribution < 1.29 is 29.4 Å². The third kappa shape index (κ3) is 8.94. The number of urea groups is 1. The molecule has 5 amide bonds. The number of aromatic nitrogens is 1. The Balaban J connectivity index is 1.34. The molecule has 2 aliphatic heterocycles. The zero-order valence-electron chi connectivity index (χ0n) is 22.8. The van der Waals surface area contributed by atoms with Crippen LogP contribution in [0.5, 0.6) is 0 Å². The molecule has 0 unspecified atom stereocenters. The van der Waals surface area contributed by atoms with E-state index in [0.717, 1.165) is 55.2 Å². The average molecular weight is 587 g/mol. The largest absolute Gasteiger partial charge is 0.530 e. The van der Waals surface area contributed by atoms with Gasteiger partial charge in [0.2, 0.25) is 5.91 Å². The number of aryl methyl sites for hydroxylation is 2. The first-order valence-corrected chi connectivity index (χ1v) is 14.3. The molecule has 3 heterocycles. The number of anilines is 2. The van der Waals surface area contributed by atoms with Crippen molar-refractivity contribution in [2.45, 2.75) is 45.4 Å². The zero-order chi connectivity index (χ0) is 29.4. The number of carboxylic acid groups (broad SMARTS) is 2. The van der Waals surface area contributed by atoms with Crippen LogP contribution in [-0.4, -0.2) is 89.4 Å². The summed E-state index contributed by atoms with van der Waals surface area (Å²) in [5.41, 5.74) is 2.36. The summed E-state index contributed by atoms with van der Waals surface area (Å²) in [4.78, 5) is 57.9. The number of nitrogens with one attached hydrogen (secondary N) is 4. The van der Waals surface area contributed by atoms with Crippen LogP contribution in [0.25, 0.3) is 0 Å². The second-order valence-corrected chi connectivity index (χ2v) is 11.0. The highest BCUT2D eigenvalue weighted by Crippen LogP contribution is 2.27. The molecule has 41 heavy (non-hydrogen) atoms. The lowest BCUT2D eigenvalue weighted by molar-refractivity contribution is -0.255. The van der Waals surface area contributed by atoms with Crippen molar-refractivity contribution in [1.29, 1.82) is 0 Å². The minimum absolute atomic E-state index is 0.135. The molecule has 4 N–H and O–H groups in total. The van der Waals surface area contributed by atoms with Crippen LogP contribution < -0.4 is 31.5 Å². The van der Waals surface area contributed by atoms with Crippen molar-refractivity contribution in [2.24, 2.45) is 0 Å². The molecule has 0 aliphatic carbocycles. The van der Waals surface area contributed by atoms with E-state index in [4.69, 9.17) is 0 Å². The number of likely N-dealkylation sites (tertiary alicyclic amines) is 1. The minimum Gasteiger partial charge on any atom is -0.530 e. The van der Waals surface area contributed by atoms with Gasteiger partial charge in [0.15, 0.2) is 11.4 Å². The molecule has 2 fully saturated rings. The molecular formula is C26H34N8O6S-2. The monoisotopic (exact) mass is 586 g/mol. The SMILES string of the molecule is CC(=O)Nc1nc(CCc2ccc(NC(NC(=O)[O-])NC(=O)[O-])cc2)c(CN2CCN(C(=O)N3CCCC3)CC2)s1. The predicted molar refractivity (Wildman–Crippen MR) is 148 cm³/mol. The zero-order valence-corrected chi connectivity index (χ0v) is 23.6. The normalized spacial score (nSPS) is 15.6. The van der Waals surface area contributed by atoms with Gasteiger partial charge in [-0.05, 0) is 43.4 Å². The van der Waals surface area contributed by atoms with Gasteiger partial charge in [-0.3, -0.25) is 9.69 Å². The fourth-order valence-electron chi connectivity index (χ4n) is 4.86. The van der Waals surface area contributed by atoms with Crippen LogP contribution in [-0.2, 0) is 24.2 Å². The van der Waals surface area contributed by atoms with Crippen molar-refractivity contribution >= 4 is 46.3 Å². The Bertz CT molecular complexity index is 1210. The predicted octanol–water partition coefficient (Wildman–Crippen LogP) is -0.219. The van der Waals surface area contributed by atoms with Crippen molar-refractivity contribution in [2.75, 3.05) is 49.9 Å². The molecule has 4 rings (SSSR count). The van der Waals surface area contributed by atoms with E-state index in [0.29, 0.717) is 43.3 Å². The summed E-state index contributed by atoms with van der Waals surface area (Å²) in [6, 6.07) is 7.22. The maximum absolute atomic E-state index is 12.7. The summed E-state index contributed by atoms with van der Waals surface area (Å²) < 4.78 is 0. The highest BCUT2D eigenvalue weighted by molar-refractivity contribution is 7.15. The molecule has 0 radical (unpaired) electrons. The maximum atomic E-state index is 12.7. The van der Waals surface area contributed by atoms with Crippen LogP contribution in [0.4, 0.5) is 25.2 Å². The summed E-state index contributed by atoms with van der Waals surface area (Å²) in [6.45, 7) is 6.70. The lowest BCUT2D eigenvalue weighted by Crippen LogP contribution is -2.58. The Morgan fingerprint density at radius 3 is 2.10 bits per heavy atom. The van der Waals surface area contributed by atoms with Crippen molar-refractivity contribution in [1.82, 2.24) is 30.3 Å². The average Bonchev–Trinajstić information content (AvgIpc) is 3.58. The molecule has 0 spiro atoms. The van der Waals surface area contributed by atoms with Gasteiger partial charge in [-0.25, -0.2) is 9.78 Å². The topological polar surface area (TPSA) is 185 Å². The number of carbonyl (C=O) groups excluding carboxylic acids is 4. The molecule has 2 aromatic rings. The number of hydrogen-bond acceptors (Lipinski definition) is 10. The van der Waals surface area contributed by atoms with Gasteiger partial charge in [0, 0.05) is 63.3 Å². The Hall–Kier alpha value is -4.11. The van der Waals surface area contributed by atoms with E-state index in [1.54, 1.807) is 12.1 Å². The van der Waals surface area contributed by atoms with Crippen LogP contribution in [0.1, 0.15) is 35.9 Å². The third-order valence-electron chi connectivity index (χ3n) is 6.89. The van der Waals surface area contributed by atoms with E-state index in [9.17, 15) is 29.4 Å². The number of piperazine rings is 1. The van der Waals surface area contributed by atoms with Gasteiger partial charge >= 0.3 is 6.03 Å². The number of nitrogens with zero attached hydrogens (tertiary/aromatic N) is 4. The second kappa shape index (κ2) is 14.0. The molecule has 2 aliphatic rings. The Kier molecular flexibility index (Phi) is 10.2. The standard InChI is InChI=1S/C26H36N8O6S/c1-17(35)27-23-29-20(9-6-18-4-7-19(8-5-18)28-22(30-24(36)37)31-25(38)39)21(41-23)16-32-12-14-34(15-13-32)26(40)33-10-2-3-11-33/h4-5,7-8,22,28,30-31H,2-3,6,9-16H2,1H3,(H,36,37)(H,38,39)(H,27,29,35)/p-2. The molecule has 1 aromatic heterocycles. The fraction of sp³-hybridized carbons (Fsp3) is 0.500. The highest BCUT2D eigenvalue weighted by atomic mass is 32.1. The summed E-state index contributed by atoms with van der Waals surface area (Å²) >= 11 is 1.46. The Labute approximate surface area is 241 Å². The van der Waals surface area contributed by atoms with E-state index < -0.39 is 18.5 Å². The molecule has 0 atom stereocenters. The van der Waals surface area contributed by atoms with E-state index in [2.05, 4.69) is 20.5 Å². The van der Waals surface area contributed by atoms with Crippen LogP contribution in [0.3, 0.4) is 0 Å². The molecule has 2 saturated heterocycles. The van der Waals surface area contributed by atoms with Gasteiger partial charge in [0.05, 0.1) is 5.69 Å². The van der Waals surface area contributed by atoms with Crippen molar-refractivity contribution in [3.8, 4) is 0 Å². The molecular weight excluding hydrogens is 552 g/mol. The van der Waals surface area contributed by atoms with E-state index >= 15 is 0 Å². The van der Waals surface area contributed by atoms with Crippen LogP contribution in [0.2, 0.25) is 0 Å². The third-order valence-corrected chi connectivity index (χ3v) is 7.89. The lowest BCUT2D eigenvalue weighted by atomic mass is 10.1. The van der Waals surface area contributed by atoms with Crippen LogP contribution in [0.15, 0.2) is 24.3 Å². The number of benzene rings is 1. The number of thiazole rings is 1. The van der Waals surface area contributed by atoms with E-state index in [-0.39, 0.29) is 11.9 Å². The van der Waals surface area contributed by atoms with E-state index in [1.165, 1.54) is 18.3 Å². The summed E-state index contributed by atoms with van der Waals surface area (Å²) in [5, 5.41) is 31.4. The molecule has 14 nitrogen and oxygen atoms in total. The first-order valence-electron chi connectivity index (χ1n) is 13.5. The molecule has 222 valence electrons. The number of carbonyl (C=O) groups is 4. The van der Waals surface area contributed by atoms with Gasteiger partial charge in [-0.15, -0.1) is 11.3 Å². The first-order chi connectivity index (χ1) is 19.7. The molecule has 0 bridgehead atoms. The van der Waals surface area contributed by atoms with Gasteiger partial charge < -0.3 is 50.9 Å². The second-order valence-electron chi connectivity index (χ2n) is 9.95. The Morgan fingerprint density at radius 2 is 1.51 bits per heavy atom. The van der Waals surface area contributed by atoms with E-state index in [1.807, 2.05) is 32.6 Å². The van der Waals surface area contributed by atoms with Crippen molar-refractivity contribution in [3.63, 3.8) is 0 Å². The van der Waals surface area contributed by atoms with Crippen LogP contribution in [0, 0.1) is 0 Å². The van der Waals surface area contributed by atoms with Gasteiger partial charge in [-0.2, -0.15) is 0 Å². The summed E-state index contributed by atoms with van der Waals surface area (Å²) in [5.74, 6) is -0.186. The smallest absolute Gasteiger partial charge is 0.320 e. The Morgan fingerprint density at radius 1 is 0.902 bits per heavy atom. The first kappa shape index (κ1) is 29.9. The molecule has 1 aromatic carbocycles. The highest BCUT2D eigenvalue weighted by Gasteiger charge is 2.27. The maximum Gasteiger partial charge on any atom is 0.320 e. The van der Waals surface area contributed by atoms with Gasteiger partial charge in [0.1, 0.15) is 12.2 Å². The number of hydrogen-bond donors (Lipinski definition) is 4. The molecule has 0 saturated carbocycles. The summed E-state index contributed by atoms with van der Waals surface area (Å²) in [6.07, 6.45) is -1.20. The number of rotatable bonds is 10. The quantitative estimate of drug-likeness (QED) is 0.273. The lowest BCUT2D eigenvalue weighted by Gasteiger charge is -2.36. The van der Waals surface area contributed by atoms with Gasteiger partial charge in [-0.1, -0.05) is 12.1 Å². The van der Waals surface area contributed by atoms with Crippen LogP contribution >= 0.6 is 11.3 Å². The summed E-state index contributed by atoms with van der Waals surface area (Å²) in [7, 11) is 0. The fourth-order valence-corrected chi connectivity index (χ4v) is 5.95. The van der Waals surface area contributed by atoms with Gasteiger partial charge in [0.25, 0.3) is 0 Å². The minimum atomic E-state index is -1.65. The number of amides is 5.